The molecule has 21 heavy (non-hydrogen) atoms. The summed E-state index contributed by atoms with van der Waals surface area (Å²) in [6.07, 6.45) is 3.41. The van der Waals surface area contributed by atoms with Gasteiger partial charge in [0.1, 0.15) is 5.69 Å². The van der Waals surface area contributed by atoms with E-state index < -0.39 is 0 Å². The highest BCUT2D eigenvalue weighted by Crippen LogP contribution is 2.34. The van der Waals surface area contributed by atoms with Crippen LogP contribution in [0.4, 0.5) is 0 Å². The number of hydrogen-bond donors (Lipinski definition) is 1. The van der Waals surface area contributed by atoms with Gasteiger partial charge in [-0.2, -0.15) is 4.98 Å². The zero-order chi connectivity index (χ0) is 14.7. The number of ether oxygens (including phenoxy) is 1. The van der Waals surface area contributed by atoms with Crippen LogP contribution in [0.15, 0.2) is 16.7 Å². The Labute approximate surface area is 123 Å². The van der Waals surface area contributed by atoms with Crippen LogP contribution in [-0.4, -0.2) is 40.0 Å². The summed E-state index contributed by atoms with van der Waals surface area (Å²) in [7, 11) is 1.55. The SMILES string of the molecule is CCNC1CCCC1c1nc(-c2ccc(OC)nn2)no1. The van der Waals surface area contributed by atoms with Gasteiger partial charge in [-0.1, -0.05) is 18.5 Å². The van der Waals surface area contributed by atoms with Crippen LogP contribution in [0.3, 0.4) is 0 Å². The molecule has 2 aromatic rings. The molecule has 0 spiro atoms. The van der Waals surface area contributed by atoms with Crippen LogP contribution < -0.4 is 10.1 Å². The Kier molecular flexibility index (Phi) is 4.10. The predicted molar refractivity (Wildman–Crippen MR) is 75.9 cm³/mol. The number of nitrogens with zero attached hydrogens (tertiary/aromatic N) is 4. The van der Waals surface area contributed by atoms with Crippen molar-refractivity contribution in [2.24, 2.45) is 0 Å². The molecule has 2 heterocycles. The summed E-state index contributed by atoms with van der Waals surface area (Å²) in [5.74, 6) is 1.91. The first-order valence-electron chi connectivity index (χ1n) is 7.27. The van der Waals surface area contributed by atoms with Crippen LogP contribution in [0.25, 0.3) is 11.5 Å². The number of rotatable bonds is 5. The van der Waals surface area contributed by atoms with E-state index in [4.69, 9.17) is 9.26 Å². The summed E-state index contributed by atoms with van der Waals surface area (Å²) in [6.45, 7) is 3.06. The molecule has 0 aromatic carbocycles. The minimum atomic E-state index is 0.289. The van der Waals surface area contributed by atoms with Crippen LogP contribution in [0, 0.1) is 0 Å². The van der Waals surface area contributed by atoms with Gasteiger partial charge in [0, 0.05) is 12.1 Å². The monoisotopic (exact) mass is 289 g/mol. The molecule has 2 unspecified atom stereocenters. The zero-order valence-electron chi connectivity index (χ0n) is 12.2. The van der Waals surface area contributed by atoms with Gasteiger partial charge < -0.3 is 14.6 Å². The lowest BCUT2D eigenvalue weighted by atomic mass is 10.0. The molecule has 0 aliphatic heterocycles. The lowest BCUT2D eigenvalue weighted by Gasteiger charge is -2.16. The third-order valence-electron chi connectivity index (χ3n) is 3.82. The van der Waals surface area contributed by atoms with E-state index in [0.29, 0.717) is 29.3 Å². The topological polar surface area (TPSA) is 86.0 Å². The van der Waals surface area contributed by atoms with E-state index in [0.717, 1.165) is 19.4 Å². The molecule has 7 heteroatoms. The summed E-state index contributed by atoms with van der Waals surface area (Å²) in [4.78, 5) is 4.49. The van der Waals surface area contributed by atoms with Gasteiger partial charge in [0.2, 0.25) is 17.6 Å². The molecule has 1 aliphatic carbocycles. The predicted octanol–water partition coefficient (Wildman–Crippen LogP) is 1.78. The minimum absolute atomic E-state index is 0.289. The fourth-order valence-electron chi connectivity index (χ4n) is 2.80. The molecular weight excluding hydrogens is 270 g/mol. The van der Waals surface area contributed by atoms with E-state index >= 15 is 0 Å². The van der Waals surface area contributed by atoms with E-state index in [1.165, 1.54) is 6.42 Å². The van der Waals surface area contributed by atoms with E-state index in [1.807, 2.05) is 0 Å². The molecule has 1 fully saturated rings. The highest BCUT2D eigenvalue weighted by Gasteiger charge is 2.32. The van der Waals surface area contributed by atoms with Gasteiger partial charge >= 0.3 is 0 Å². The Morgan fingerprint density at radius 3 is 2.95 bits per heavy atom. The van der Waals surface area contributed by atoms with Crippen molar-refractivity contribution in [2.45, 2.75) is 38.1 Å². The Hall–Kier alpha value is -2.02. The number of hydrogen-bond acceptors (Lipinski definition) is 7. The summed E-state index contributed by atoms with van der Waals surface area (Å²) < 4.78 is 10.4. The average molecular weight is 289 g/mol. The standard InChI is InChI=1S/C14H19N5O2/c1-3-15-10-6-4-5-9(10)14-16-13(19-21-14)11-7-8-12(20-2)18-17-11/h7-10,15H,3-6H2,1-2H3. The summed E-state index contributed by atoms with van der Waals surface area (Å²) >= 11 is 0. The number of aromatic nitrogens is 4. The van der Waals surface area contributed by atoms with Gasteiger partial charge in [0.25, 0.3) is 0 Å². The molecule has 1 N–H and O–H groups in total. The molecular formula is C14H19N5O2. The van der Waals surface area contributed by atoms with Crippen molar-refractivity contribution in [3.05, 3.63) is 18.0 Å². The van der Waals surface area contributed by atoms with E-state index in [-0.39, 0.29) is 5.92 Å². The largest absolute Gasteiger partial charge is 0.480 e. The number of nitrogens with one attached hydrogen (secondary N) is 1. The first-order valence-corrected chi connectivity index (χ1v) is 7.27. The highest BCUT2D eigenvalue weighted by molar-refractivity contribution is 5.47. The molecule has 0 bridgehead atoms. The van der Waals surface area contributed by atoms with Gasteiger partial charge in [0.15, 0.2) is 0 Å². The van der Waals surface area contributed by atoms with Gasteiger partial charge in [-0.15, -0.1) is 10.2 Å². The van der Waals surface area contributed by atoms with Gasteiger partial charge in [-0.05, 0) is 25.5 Å². The normalized spacial score (nSPS) is 21.6. The second kappa shape index (κ2) is 6.17. The van der Waals surface area contributed by atoms with Crippen molar-refractivity contribution >= 4 is 0 Å². The third-order valence-corrected chi connectivity index (χ3v) is 3.82. The Balaban J connectivity index is 1.79. The van der Waals surface area contributed by atoms with Crippen molar-refractivity contribution in [3.63, 3.8) is 0 Å². The number of methoxy groups -OCH3 is 1. The average Bonchev–Trinajstić information content (AvgIpc) is 3.16. The smallest absolute Gasteiger partial charge is 0.233 e. The lowest BCUT2D eigenvalue weighted by Crippen LogP contribution is -2.31. The Bertz CT molecular complexity index is 583. The molecule has 1 aliphatic rings. The zero-order valence-corrected chi connectivity index (χ0v) is 12.2. The second-order valence-corrected chi connectivity index (χ2v) is 5.12. The van der Waals surface area contributed by atoms with Crippen LogP contribution in [0.1, 0.15) is 38.0 Å². The first-order chi connectivity index (χ1) is 10.3. The van der Waals surface area contributed by atoms with Crippen LogP contribution in [0.5, 0.6) is 5.88 Å². The molecule has 2 atom stereocenters. The lowest BCUT2D eigenvalue weighted by molar-refractivity contribution is 0.332. The fraction of sp³-hybridized carbons (Fsp3) is 0.571. The maximum absolute atomic E-state index is 5.44. The molecule has 0 saturated heterocycles. The summed E-state index contributed by atoms with van der Waals surface area (Å²) in [5, 5.41) is 15.5. The molecule has 3 rings (SSSR count). The molecule has 1 saturated carbocycles. The highest BCUT2D eigenvalue weighted by atomic mass is 16.5. The summed E-state index contributed by atoms with van der Waals surface area (Å²) in [6, 6.07) is 3.93. The molecule has 112 valence electrons. The van der Waals surface area contributed by atoms with Crippen LogP contribution in [0.2, 0.25) is 0 Å². The van der Waals surface area contributed by atoms with Crippen molar-refractivity contribution < 1.29 is 9.26 Å². The van der Waals surface area contributed by atoms with Crippen LogP contribution >= 0.6 is 0 Å². The second-order valence-electron chi connectivity index (χ2n) is 5.12. The van der Waals surface area contributed by atoms with Crippen molar-refractivity contribution in [3.8, 4) is 17.4 Å². The van der Waals surface area contributed by atoms with Gasteiger partial charge in [-0.25, -0.2) is 0 Å². The molecule has 0 amide bonds. The van der Waals surface area contributed by atoms with Crippen molar-refractivity contribution in [1.82, 2.24) is 25.7 Å². The molecule has 7 nitrogen and oxygen atoms in total. The quantitative estimate of drug-likeness (QED) is 0.897. The maximum atomic E-state index is 5.44. The van der Waals surface area contributed by atoms with E-state index in [9.17, 15) is 0 Å². The maximum Gasteiger partial charge on any atom is 0.233 e. The third kappa shape index (κ3) is 2.87. The van der Waals surface area contributed by atoms with Gasteiger partial charge in [0.05, 0.1) is 13.0 Å². The van der Waals surface area contributed by atoms with Gasteiger partial charge in [-0.3, -0.25) is 0 Å². The molecule has 0 radical (unpaired) electrons. The van der Waals surface area contributed by atoms with Crippen molar-refractivity contribution in [2.75, 3.05) is 13.7 Å². The van der Waals surface area contributed by atoms with Crippen LogP contribution in [-0.2, 0) is 0 Å². The van der Waals surface area contributed by atoms with Crippen molar-refractivity contribution in [1.29, 1.82) is 0 Å². The number of likely N-dealkylation sites (N-methyl/N-ethyl adjacent to an activating group) is 1. The minimum Gasteiger partial charge on any atom is -0.480 e. The summed E-state index contributed by atoms with van der Waals surface area (Å²) in [5.41, 5.74) is 0.587. The van der Waals surface area contributed by atoms with E-state index in [1.54, 1.807) is 19.2 Å². The molecule has 2 aromatic heterocycles. The Morgan fingerprint density at radius 1 is 1.33 bits per heavy atom. The van der Waals surface area contributed by atoms with E-state index in [2.05, 4.69) is 32.6 Å². The Morgan fingerprint density at radius 2 is 2.24 bits per heavy atom. The fourth-order valence-corrected chi connectivity index (χ4v) is 2.80. The first kappa shape index (κ1) is 13.9.